The van der Waals surface area contributed by atoms with Gasteiger partial charge in [0.2, 0.25) is 0 Å². The summed E-state index contributed by atoms with van der Waals surface area (Å²) in [4.78, 5) is 17.2. The van der Waals surface area contributed by atoms with E-state index >= 15 is 0 Å². The zero-order valence-electron chi connectivity index (χ0n) is 23.3. The predicted octanol–water partition coefficient (Wildman–Crippen LogP) is 8.09. The third-order valence-electron chi connectivity index (χ3n) is 7.20. The minimum atomic E-state index is -0.324. The van der Waals surface area contributed by atoms with Crippen LogP contribution in [0.5, 0.6) is 0 Å². The van der Waals surface area contributed by atoms with Crippen LogP contribution in [0, 0.1) is 82.4 Å². The van der Waals surface area contributed by atoms with Crippen molar-refractivity contribution in [3.63, 3.8) is 0 Å². The number of benzene rings is 4. The van der Waals surface area contributed by atoms with Gasteiger partial charge in [-0.2, -0.15) is 0 Å². The second-order valence-electron chi connectivity index (χ2n) is 9.98. The number of piperazine rings is 1. The number of anilines is 3. The van der Waals surface area contributed by atoms with E-state index in [0.717, 1.165) is 36.3 Å². The fourth-order valence-corrected chi connectivity index (χ4v) is 4.89. The van der Waals surface area contributed by atoms with Gasteiger partial charge in [0.05, 0.1) is 0 Å². The van der Waals surface area contributed by atoms with Crippen LogP contribution in [0.2, 0.25) is 0 Å². The Labute approximate surface area is 286 Å². The molecule has 1 amide bonds. The number of aryl methyl sites for hydroxylation is 4. The fraction of sp³-hybridized carbons (Fsp3) is 0.242. The van der Waals surface area contributed by atoms with Crippen LogP contribution < -0.4 is 15.1 Å². The summed E-state index contributed by atoms with van der Waals surface area (Å²) in [6, 6.07) is 26.4. The predicted molar refractivity (Wildman–Crippen MR) is 165 cm³/mol. The molecule has 40 heavy (non-hydrogen) atoms. The van der Waals surface area contributed by atoms with Crippen molar-refractivity contribution >= 4 is 38.9 Å². The Morgan fingerprint density at radius 2 is 1.18 bits per heavy atom. The van der Waals surface area contributed by atoms with Gasteiger partial charge in [-0.05, 0) is 123 Å². The van der Waals surface area contributed by atoms with Crippen molar-refractivity contribution in [3.8, 4) is 0 Å². The van der Waals surface area contributed by atoms with Gasteiger partial charge in [0.1, 0.15) is 5.82 Å². The smallest absolute Gasteiger partial charge is 0.255 e. The molecule has 4 aromatic carbocycles. The molecule has 4 nitrogen and oxygen atoms in total. The summed E-state index contributed by atoms with van der Waals surface area (Å²) in [7, 11) is 0. The first-order chi connectivity index (χ1) is 18.7. The Bertz CT molecular complexity index is 1420. The summed E-state index contributed by atoms with van der Waals surface area (Å²) < 4.78 is 14.2. The first-order valence-corrected chi connectivity index (χ1v) is 14.0. The number of rotatable bonds is 4. The number of hydrogen-bond acceptors (Lipinski definition) is 3. The van der Waals surface area contributed by atoms with Crippen molar-refractivity contribution < 1.29 is 58.1 Å². The van der Waals surface area contributed by atoms with E-state index < -0.39 is 0 Å². The van der Waals surface area contributed by atoms with Gasteiger partial charge >= 0.3 is 0 Å². The molecular weight excluding hydrogens is 685 g/mol. The SMILES string of the molecule is Cc1ccc(Br)cc1C.Cc1ccc(N2CCN(c3ccc(C(=O)Nc4ccc(F)cc4)cc3)CC2)cc1C.[Xe]. The number of hydrogen-bond donors (Lipinski definition) is 1. The van der Waals surface area contributed by atoms with Gasteiger partial charge in [-0.3, -0.25) is 4.79 Å². The van der Waals surface area contributed by atoms with Gasteiger partial charge in [0, 0.05) is 102 Å². The van der Waals surface area contributed by atoms with Crippen LogP contribution in [0.25, 0.3) is 0 Å². The summed E-state index contributed by atoms with van der Waals surface area (Å²) in [6.45, 7) is 12.3. The van der Waals surface area contributed by atoms with Crippen molar-refractivity contribution in [2.45, 2.75) is 27.7 Å². The Morgan fingerprint density at radius 1 is 0.675 bits per heavy atom. The zero-order chi connectivity index (χ0) is 27.9. The Hall–Kier alpha value is -2.07. The van der Waals surface area contributed by atoms with Gasteiger partial charge < -0.3 is 15.1 Å². The van der Waals surface area contributed by atoms with E-state index in [4.69, 9.17) is 0 Å². The molecule has 1 aliphatic heterocycles. The molecule has 0 bridgehead atoms. The van der Waals surface area contributed by atoms with Crippen molar-refractivity contribution in [1.29, 1.82) is 0 Å². The molecule has 0 radical (unpaired) electrons. The van der Waals surface area contributed by atoms with E-state index in [1.54, 1.807) is 12.1 Å². The molecule has 0 saturated carbocycles. The average Bonchev–Trinajstić information content (AvgIpc) is 2.94. The fourth-order valence-electron chi connectivity index (χ4n) is 4.41. The number of amides is 1. The molecule has 0 atom stereocenters. The van der Waals surface area contributed by atoms with E-state index in [-0.39, 0.29) is 60.6 Å². The number of halogens is 2. The maximum atomic E-state index is 13.0. The minimum Gasteiger partial charge on any atom is -0.368 e. The third-order valence-corrected chi connectivity index (χ3v) is 7.69. The van der Waals surface area contributed by atoms with E-state index in [1.807, 2.05) is 24.3 Å². The van der Waals surface area contributed by atoms with Crippen LogP contribution in [-0.2, 0) is 0 Å². The van der Waals surface area contributed by atoms with Gasteiger partial charge in [-0.25, -0.2) is 4.39 Å². The van der Waals surface area contributed by atoms with Crippen LogP contribution in [0.1, 0.15) is 32.6 Å². The monoisotopic (exact) mass is 719 g/mol. The summed E-state index contributed by atoms with van der Waals surface area (Å²) in [6.07, 6.45) is 0. The largest absolute Gasteiger partial charge is 0.368 e. The quantitative estimate of drug-likeness (QED) is 0.232. The summed E-state index contributed by atoms with van der Waals surface area (Å²) in [5, 5.41) is 2.79. The van der Waals surface area contributed by atoms with Gasteiger partial charge in [-0.15, -0.1) is 0 Å². The molecule has 1 saturated heterocycles. The summed E-state index contributed by atoms with van der Waals surface area (Å²) >= 11 is 3.40. The Morgan fingerprint density at radius 3 is 1.70 bits per heavy atom. The number of carbonyl (C=O) groups excluding carboxylic acids is 1. The van der Waals surface area contributed by atoms with Crippen molar-refractivity contribution in [3.05, 3.63) is 123 Å². The van der Waals surface area contributed by atoms with Crippen LogP contribution in [0.3, 0.4) is 0 Å². The molecule has 1 fully saturated rings. The molecule has 210 valence electrons. The third kappa shape index (κ3) is 8.97. The molecule has 1 heterocycles. The van der Waals surface area contributed by atoms with Crippen LogP contribution in [0.4, 0.5) is 21.5 Å². The molecule has 1 N–H and O–H groups in total. The van der Waals surface area contributed by atoms with E-state index in [9.17, 15) is 9.18 Å². The number of nitrogens with zero attached hydrogens (tertiary/aromatic N) is 2. The molecular formula is C33H35BrFN3OXe. The zero-order valence-corrected chi connectivity index (χ0v) is 26.9. The molecule has 0 spiro atoms. The molecule has 0 unspecified atom stereocenters. The molecule has 4 aromatic rings. The second-order valence-corrected chi connectivity index (χ2v) is 10.9. The van der Waals surface area contributed by atoms with Gasteiger partial charge in [0.25, 0.3) is 5.91 Å². The maximum absolute atomic E-state index is 13.0. The van der Waals surface area contributed by atoms with E-state index in [2.05, 4.69) is 95.1 Å². The molecule has 1 aliphatic rings. The standard InChI is InChI=1S/C25H26FN3O.C8H9Br.Xe/c1-18-3-10-24(17-19(18)2)29-15-13-28(14-16-29)23-11-4-20(5-12-23)25(30)27-22-8-6-21(26)7-9-22;1-6-3-4-8(9)5-7(6)2;/h3-12,17H,13-16H2,1-2H3,(H,27,30);3-5H,1-2H3;. The average molecular weight is 720 g/mol. The number of nitrogens with one attached hydrogen (secondary N) is 1. The molecule has 0 aromatic heterocycles. The normalized spacial score (nSPS) is 12.7. The van der Waals surface area contributed by atoms with Crippen LogP contribution in [0.15, 0.2) is 89.4 Å². The first-order valence-electron chi connectivity index (χ1n) is 13.2. The Balaban J connectivity index is 0.000000377. The van der Waals surface area contributed by atoms with Crippen molar-refractivity contribution in [1.82, 2.24) is 0 Å². The first kappa shape index (κ1) is 32.4. The summed E-state index contributed by atoms with van der Waals surface area (Å²) in [5.74, 6) is -0.525. The van der Waals surface area contributed by atoms with Gasteiger partial charge in [-0.1, -0.05) is 28.1 Å². The summed E-state index contributed by atoms with van der Waals surface area (Å²) in [5.41, 5.74) is 8.89. The van der Waals surface area contributed by atoms with Crippen molar-refractivity contribution in [2.24, 2.45) is 0 Å². The van der Waals surface area contributed by atoms with Crippen LogP contribution >= 0.6 is 15.9 Å². The minimum absolute atomic E-state index is 0. The maximum Gasteiger partial charge on any atom is 0.255 e. The van der Waals surface area contributed by atoms with E-state index in [0.29, 0.717) is 11.3 Å². The second kappa shape index (κ2) is 15.2. The van der Waals surface area contributed by atoms with Gasteiger partial charge in [0.15, 0.2) is 0 Å². The molecule has 0 aliphatic carbocycles. The number of carbonyl (C=O) groups is 1. The topological polar surface area (TPSA) is 35.6 Å². The van der Waals surface area contributed by atoms with Crippen LogP contribution in [-0.4, -0.2) is 32.1 Å². The molecule has 5 rings (SSSR count). The van der Waals surface area contributed by atoms with E-state index in [1.165, 1.54) is 40.1 Å². The Kier molecular flexibility index (Phi) is 12.4. The van der Waals surface area contributed by atoms with Crippen molar-refractivity contribution in [2.75, 3.05) is 41.3 Å². The molecule has 7 heteroatoms.